The molecule has 0 unspecified atom stereocenters. The summed E-state index contributed by atoms with van der Waals surface area (Å²) in [5.41, 5.74) is 6.19. The van der Waals surface area contributed by atoms with Crippen molar-refractivity contribution in [3.05, 3.63) is 35.4 Å². The van der Waals surface area contributed by atoms with Crippen LogP contribution in [-0.4, -0.2) is 30.6 Å². The first-order valence-corrected chi connectivity index (χ1v) is 7.11. The summed E-state index contributed by atoms with van der Waals surface area (Å²) in [6.45, 7) is 5.86. The van der Waals surface area contributed by atoms with Gasteiger partial charge in [-0.05, 0) is 32.9 Å². The monoisotopic (exact) mass is 302 g/mol. The first-order chi connectivity index (χ1) is 10.3. The fraction of sp³-hybridized carbons (Fsp3) is 0.412. The molecular weight excluding hydrogens is 280 g/mol. The molecule has 0 spiro atoms. The molecule has 0 saturated carbocycles. The van der Waals surface area contributed by atoms with Crippen LogP contribution < -0.4 is 11.1 Å². The fourth-order valence-corrected chi connectivity index (χ4v) is 1.56. The van der Waals surface area contributed by atoms with Gasteiger partial charge in [-0.2, -0.15) is 0 Å². The maximum Gasteiger partial charge on any atom is 0.407 e. The van der Waals surface area contributed by atoms with Crippen molar-refractivity contribution in [1.82, 2.24) is 5.32 Å². The number of ketones is 1. The number of hydrogen-bond donors (Lipinski definition) is 2. The highest BCUT2D eigenvalue weighted by Crippen LogP contribution is 2.06. The van der Waals surface area contributed by atoms with Crippen LogP contribution in [0.4, 0.5) is 4.79 Å². The highest BCUT2D eigenvalue weighted by atomic mass is 16.6. The lowest BCUT2D eigenvalue weighted by atomic mass is 10.1. The molecule has 0 bridgehead atoms. The van der Waals surface area contributed by atoms with E-state index in [4.69, 9.17) is 10.5 Å². The number of hydrogen-bond acceptors (Lipinski definition) is 4. The van der Waals surface area contributed by atoms with Crippen molar-refractivity contribution >= 4 is 11.9 Å². The molecule has 0 saturated heterocycles. The molecule has 118 valence electrons. The predicted octanol–water partition coefficient (Wildman–Crippen LogP) is 2.09. The van der Waals surface area contributed by atoms with Crippen molar-refractivity contribution in [2.24, 2.45) is 5.73 Å². The zero-order valence-corrected chi connectivity index (χ0v) is 13.2. The zero-order valence-electron chi connectivity index (χ0n) is 13.2. The summed E-state index contributed by atoms with van der Waals surface area (Å²) < 4.78 is 5.11. The normalized spacial score (nSPS) is 10.4. The third-order valence-electron chi connectivity index (χ3n) is 2.54. The molecule has 0 atom stereocenters. The largest absolute Gasteiger partial charge is 0.444 e. The Morgan fingerprint density at radius 2 is 1.86 bits per heavy atom. The van der Waals surface area contributed by atoms with E-state index in [1.165, 1.54) is 0 Å². The number of ether oxygens (including phenoxy) is 1. The zero-order chi connectivity index (χ0) is 16.6. The van der Waals surface area contributed by atoms with Gasteiger partial charge in [-0.3, -0.25) is 4.79 Å². The molecule has 0 aliphatic carbocycles. The van der Waals surface area contributed by atoms with Crippen LogP contribution in [0.5, 0.6) is 0 Å². The van der Waals surface area contributed by atoms with Gasteiger partial charge in [-0.15, -0.1) is 0 Å². The molecule has 0 aliphatic rings. The summed E-state index contributed by atoms with van der Waals surface area (Å²) in [4.78, 5) is 22.8. The van der Waals surface area contributed by atoms with Gasteiger partial charge in [0.15, 0.2) is 5.78 Å². The second-order valence-corrected chi connectivity index (χ2v) is 5.69. The van der Waals surface area contributed by atoms with Gasteiger partial charge in [-0.25, -0.2) is 4.79 Å². The second-order valence-electron chi connectivity index (χ2n) is 5.69. The van der Waals surface area contributed by atoms with Crippen LogP contribution in [-0.2, 0) is 4.74 Å². The first kappa shape index (κ1) is 17.7. The number of benzene rings is 1. The number of amides is 1. The van der Waals surface area contributed by atoms with Gasteiger partial charge in [0.2, 0.25) is 0 Å². The van der Waals surface area contributed by atoms with Crippen molar-refractivity contribution in [2.75, 3.05) is 13.1 Å². The standard InChI is InChI=1S/C17H22N2O3/c1-17(2,3)22-16(21)19-11-5-4-6-13-7-9-14(10-8-13)15(20)12-18/h7-10H,5,11-12,18H2,1-3H3,(H,19,21). The summed E-state index contributed by atoms with van der Waals surface area (Å²) in [7, 11) is 0. The Balaban J connectivity index is 2.39. The topological polar surface area (TPSA) is 81.4 Å². The van der Waals surface area contributed by atoms with E-state index in [0.29, 0.717) is 18.5 Å². The Labute approximate surface area is 131 Å². The van der Waals surface area contributed by atoms with E-state index in [-0.39, 0.29) is 12.3 Å². The third kappa shape index (κ3) is 6.91. The van der Waals surface area contributed by atoms with Crippen LogP contribution in [0.1, 0.15) is 43.1 Å². The average molecular weight is 302 g/mol. The Hall–Kier alpha value is -2.32. The minimum Gasteiger partial charge on any atom is -0.444 e. The summed E-state index contributed by atoms with van der Waals surface area (Å²) in [5, 5.41) is 2.63. The number of carbonyl (C=O) groups is 2. The molecule has 0 aromatic heterocycles. The van der Waals surface area contributed by atoms with E-state index in [0.717, 1.165) is 5.56 Å². The van der Waals surface area contributed by atoms with Gasteiger partial charge in [-0.1, -0.05) is 24.0 Å². The lowest BCUT2D eigenvalue weighted by Gasteiger charge is -2.19. The summed E-state index contributed by atoms with van der Waals surface area (Å²) in [6, 6.07) is 6.96. The molecule has 1 rings (SSSR count). The van der Waals surface area contributed by atoms with Crippen molar-refractivity contribution in [1.29, 1.82) is 0 Å². The molecule has 1 aromatic rings. The SMILES string of the molecule is CC(C)(C)OC(=O)NCCC#Cc1ccc(C(=O)CN)cc1. The molecule has 5 heteroatoms. The first-order valence-electron chi connectivity index (χ1n) is 7.11. The molecule has 1 amide bonds. The van der Waals surface area contributed by atoms with Gasteiger partial charge in [0.05, 0.1) is 6.54 Å². The molecule has 0 radical (unpaired) electrons. The molecule has 1 aromatic carbocycles. The van der Waals surface area contributed by atoms with Gasteiger partial charge in [0.1, 0.15) is 5.60 Å². The highest BCUT2D eigenvalue weighted by Gasteiger charge is 2.15. The number of alkyl carbamates (subject to hydrolysis) is 1. The van der Waals surface area contributed by atoms with Gasteiger partial charge in [0.25, 0.3) is 0 Å². The average Bonchev–Trinajstić information content (AvgIpc) is 2.45. The lowest BCUT2D eigenvalue weighted by molar-refractivity contribution is 0.0529. The van der Waals surface area contributed by atoms with Crippen LogP contribution in [0.3, 0.4) is 0 Å². The lowest BCUT2D eigenvalue weighted by Crippen LogP contribution is -2.32. The summed E-state index contributed by atoms with van der Waals surface area (Å²) in [6.07, 6.45) is 0.0712. The minimum atomic E-state index is -0.502. The van der Waals surface area contributed by atoms with E-state index >= 15 is 0 Å². The number of carbonyl (C=O) groups excluding carboxylic acids is 2. The van der Waals surface area contributed by atoms with Crippen LogP contribution in [0.25, 0.3) is 0 Å². The number of nitrogens with two attached hydrogens (primary N) is 1. The van der Waals surface area contributed by atoms with Crippen LogP contribution in [0.15, 0.2) is 24.3 Å². The maximum absolute atomic E-state index is 11.4. The van der Waals surface area contributed by atoms with Crippen LogP contribution >= 0.6 is 0 Å². The molecule has 3 N–H and O–H groups in total. The summed E-state index contributed by atoms with van der Waals surface area (Å²) >= 11 is 0. The smallest absolute Gasteiger partial charge is 0.407 e. The van der Waals surface area contributed by atoms with E-state index < -0.39 is 11.7 Å². The Morgan fingerprint density at radius 1 is 1.23 bits per heavy atom. The number of rotatable bonds is 4. The number of nitrogens with one attached hydrogen (secondary N) is 1. The van der Waals surface area contributed by atoms with E-state index in [1.807, 2.05) is 20.8 Å². The molecule has 5 nitrogen and oxygen atoms in total. The van der Waals surface area contributed by atoms with E-state index in [2.05, 4.69) is 17.2 Å². The Morgan fingerprint density at radius 3 is 2.41 bits per heavy atom. The molecular formula is C17H22N2O3. The van der Waals surface area contributed by atoms with Gasteiger partial charge >= 0.3 is 6.09 Å². The van der Waals surface area contributed by atoms with Gasteiger partial charge in [0, 0.05) is 24.1 Å². The quantitative estimate of drug-likeness (QED) is 0.507. The molecule has 0 fully saturated rings. The van der Waals surface area contributed by atoms with Crippen LogP contribution in [0, 0.1) is 11.8 Å². The van der Waals surface area contributed by atoms with E-state index in [9.17, 15) is 9.59 Å². The Kier molecular flexibility index (Phi) is 6.61. The minimum absolute atomic E-state index is 0.00135. The predicted molar refractivity (Wildman–Crippen MR) is 85.6 cm³/mol. The highest BCUT2D eigenvalue weighted by molar-refractivity contribution is 5.97. The van der Waals surface area contributed by atoms with Crippen molar-refractivity contribution in [3.8, 4) is 11.8 Å². The molecule has 0 heterocycles. The Bertz CT molecular complexity index is 575. The maximum atomic E-state index is 11.4. The second kappa shape index (κ2) is 8.20. The molecule has 22 heavy (non-hydrogen) atoms. The van der Waals surface area contributed by atoms with Crippen molar-refractivity contribution in [2.45, 2.75) is 32.8 Å². The summed E-state index contributed by atoms with van der Waals surface area (Å²) in [5.74, 6) is 5.82. The fourth-order valence-electron chi connectivity index (χ4n) is 1.56. The van der Waals surface area contributed by atoms with E-state index in [1.54, 1.807) is 24.3 Å². The van der Waals surface area contributed by atoms with Crippen molar-refractivity contribution in [3.63, 3.8) is 0 Å². The third-order valence-corrected chi connectivity index (χ3v) is 2.54. The number of Topliss-reactive ketones (excluding diaryl/α,β-unsaturated/α-hetero) is 1. The van der Waals surface area contributed by atoms with Gasteiger partial charge < -0.3 is 15.8 Å². The van der Waals surface area contributed by atoms with Crippen LogP contribution in [0.2, 0.25) is 0 Å². The van der Waals surface area contributed by atoms with Crippen molar-refractivity contribution < 1.29 is 14.3 Å². The molecule has 0 aliphatic heterocycles.